The maximum absolute atomic E-state index is 12.7. The fourth-order valence-electron chi connectivity index (χ4n) is 11.2. The van der Waals surface area contributed by atoms with Crippen LogP contribution in [0.2, 0.25) is 0 Å². The zero-order chi connectivity index (χ0) is 38.6. The van der Waals surface area contributed by atoms with Crippen LogP contribution in [0, 0.1) is 59.2 Å². The Kier molecular flexibility index (Phi) is 18.1. The number of rotatable bonds is 9. The van der Waals surface area contributed by atoms with E-state index in [1.807, 2.05) is 69.3 Å². The second-order valence-corrected chi connectivity index (χ2v) is 19.8. The zero-order valence-electron chi connectivity index (χ0n) is 34.0. The molecule has 2 aromatic carbocycles. The van der Waals surface area contributed by atoms with Crippen molar-refractivity contribution in [2.75, 3.05) is 19.6 Å². The number of hydrogen-bond donors (Lipinski definition) is 2. The molecule has 4 aliphatic carbocycles. The van der Waals surface area contributed by atoms with Gasteiger partial charge in [0.1, 0.15) is 0 Å². The highest BCUT2D eigenvalue weighted by Crippen LogP contribution is 2.69. The van der Waals surface area contributed by atoms with E-state index < -0.39 is 21.6 Å². The molecule has 0 aliphatic heterocycles. The van der Waals surface area contributed by atoms with Crippen LogP contribution in [0.5, 0.6) is 0 Å². The molecule has 0 bridgehead atoms. The van der Waals surface area contributed by atoms with Gasteiger partial charge in [-0.05, 0) is 159 Å². The van der Waals surface area contributed by atoms with Crippen molar-refractivity contribution < 1.29 is 18.3 Å². The monoisotopic (exact) mass is 773 g/mol. The predicted molar refractivity (Wildman–Crippen MR) is 223 cm³/mol. The van der Waals surface area contributed by atoms with E-state index in [1.165, 1.54) is 81.7 Å². The Morgan fingerprint density at radius 3 is 2.00 bits per heavy atom. The van der Waals surface area contributed by atoms with E-state index in [-0.39, 0.29) is 5.91 Å². The van der Waals surface area contributed by atoms with Gasteiger partial charge in [0.2, 0.25) is 5.91 Å². The van der Waals surface area contributed by atoms with E-state index in [9.17, 15) is 13.2 Å². The highest BCUT2D eigenvalue weighted by atomic mass is 32.2. The number of aryl methyl sites for hydroxylation is 1. The molecule has 5 nitrogen and oxygen atoms in total. The second-order valence-electron chi connectivity index (χ2n) is 16.2. The lowest BCUT2D eigenvalue weighted by molar-refractivity contribution is -0.138. The maximum atomic E-state index is 12.7. The Hall–Kier alpha value is -1.48. The van der Waals surface area contributed by atoms with Gasteiger partial charge in [0.25, 0.3) is 0 Å². The number of aliphatic hydroxyl groups is 1. The number of carbonyl (C=O) groups is 1. The lowest BCUT2D eigenvalue weighted by Gasteiger charge is -2.63. The predicted octanol–water partition coefficient (Wildman–Crippen LogP) is 11.0. The second kappa shape index (κ2) is 21.0. The van der Waals surface area contributed by atoms with Crippen molar-refractivity contribution in [3.63, 3.8) is 0 Å². The summed E-state index contributed by atoms with van der Waals surface area (Å²) in [5, 5.41) is 7.00. The Morgan fingerprint density at radius 1 is 0.846 bits per heavy atom. The molecule has 4 aliphatic rings. The molecule has 2 N–H and O–H groups in total. The number of benzene rings is 2. The average molecular weight is 774 g/mol. The number of carbonyl (C=O) groups excluding carboxylic acids is 1. The minimum absolute atomic E-state index is 0.128. The number of nitrogens with one attached hydrogen (secondary N) is 1. The van der Waals surface area contributed by atoms with Gasteiger partial charge in [-0.3, -0.25) is 17.9 Å². The van der Waals surface area contributed by atoms with Gasteiger partial charge >= 0.3 is 0 Å². The molecule has 11 atom stereocenters. The first-order valence-electron chi connectivity index (χ1n) is 20.1. The molecule has 2 aromatic rings. The molecule has 4 saturated carbocycles. The summed E-state index contributed by atoms with van der Waals surface area (Å²) in [5.74, 6) is 6.20. The van der Waals surface area contributed by atoms with Crippen LogP contribution in [0.1, 0.15) is 124 Å². The van der Waals surface area contributed by atoms with Crippen LogP contribution >= 0.6 is 11.9 Å². The zero-order valence-corrected chi connectivity index (χ0v) is 36.5. The molecule has 1 amide bonds. The van der Waals surface area contributed by atoms with E-state index in [0.29, 0.717) is 23.2 Å². The van der Waals surface area contributed by atoms with Gasteiger partial charge in [-0.25, -0.2) is 0 Å². The van der Waals surface area contributed by atoms with Gasteiger partial charge in [0, 0.05) is 62.3 Å². The molecule has 0 spiro atoms. The summed E-state index contributed by atoms with van der Waals surface area (Å²) in [7, 11) is -0.809. The SMILES string of the molecule is CC.CC[C@H]1CC2C(CCC3(C)C2CCC3[C@H](C)CCC(=O)NSc2ccc(S(C)=O)cc2)C2(C)CCCCC12.CO.Cc1ccc(S(C)=O)cc1. The molecule has 0 heterocycles. The van der Waals surface area contributed by atoms with Gasteiger partial charge in [-0.15, -0.1) is 0 Å². The quantitative estimate of drug-likeness (QED) is 0.248. The Morgan fingerprint density at radius 2 is 1.42 bits per heavy atom. The first-order chi connectivity index (χ1) is 24.9. The minimum atomic E-state index is -0.972. The van der Waals surface area contributed by atoms with Crippen molar-refractivity contribution in [3.8, 4) is 0 Å². The molecule has 294 valence electrons. The van der Waals surface area contributed by atoms with Crippen molar-refractivity contribution in [1.82, 2.24) is 4.72 Å². The summed E-state index contributed by atoms with van der Waals surface area (Å²) in [6, 6.07) is 15.4. The molecule has 9 unspecified atom stereocenters. The van der Waals surface area contributed by atoms with Crippen LogP contribution in [-0.4, -0.2) is 39.1 Å². The lowest BCUT2D eigenvalue weighted by Crippen LogP contribution is -2.55. The summed E-state index contributed by atoms with van der Waals surface area (Å²) in [5.41, 5.74) is 2.26. The third-order valence-electron chi connectivity index (χ3n) is 13.7. The largest absolute Gasteiger partial charge is 0.400 e. The molecule has 6 rings (SSSR count). The molecule has 4 fully saturated rings. The van der Waals surface area contributed by atoms with Crippen LogP contribution in [0.25, 0.3) is 0 Å². The smallest absolute Gasteiger partial charge is 0.230 e. The van der Waals surface area contributed by atoms with Gasteiger partial charge in [-0.1, -0.05) is 78.5 Å². The number of hydrogen-bond acceptors (Lipinski definition) is 5. The first kappa shape index (κ1) is 44.9. The van der Waals surface area contributed by atoms with Gasteiger partial charge in [0.05, 0.1) is 0 Å². The van der Waals surface area contributed by atoms with Crippen LogP contribution < -0.4 is 4.72 Å². The fraction of sp³-hybridized carbons (Fsp3) is 0.705. The highest BCUT2D eigenvalue weighted by Gasteiger charge is 2.61. The number of aliphatic hydroxyl groups excluding tert-OH is 1. The number of fused-ring (bicyclic) bond motifs is 5. The van der Waals surface area contributed by atoms with Crippen LogP contribution in [0.4, 0.5) is 0 Å². The minimum Gasteiger partial charge on any atom is -0.400 e. The summed E-state index contributed by atoms with van der Waals surface area (Å²) < 4.78 is 25.5. The Labute approximate surface area is 327 Å². The fourth-order valence-corrected chi connectivity index (χ4v) is 12.8. The molecular formula is C44H71NO4S3. The third-order valence-corrected chi connectivity index (χ3v) is 16.4. The van der Waals surface area contributed by atoms with Crippen LogP contribution in [0.3, 0.4) is 0 Å². The lowest BCUT2D eigenvalue weighted by atomic mass is 9.42. The molecule has 0 radical (unpaired) electrons. The Balaban J connectivity index is 0.000000443. The van der Waals surface area contributed by atoms with Crippen molar-refractivity contribution >= 4 is 39.5 Å². The topological polar surface area (TPSA) is 83.5 Å². The molecule has 0 saturated heterocycles. The van der Waals surface area contributed by atoms with Crippen molar-refractivity contribution in [3.05, 3.63) is 54.1 Å². The van der Waals surface area contributed by atoms with Crippen molar-refractivity contribution in [2.45, 2.75) is 140 Å². The van der Waals surface area contributed by atoms with Crippen LogP contribution in [0.15, 0.2) is 63.2 Å². The summed E-state index contributed by atoms with van der Waals surface area (Å²) in [4.78, 5) is 15.4. The first-order valence-corrected chi connectivity index (χ1v) is 24.0. The van der Waals surface area contributed by atoms with E-state index in [2.05, 4.69) is 32.4 Å². The van der Waals surface area contributed by atoms with E-state index in [0.717, 1.165) is 63.7 Å². The summed E-state index contributed by atoms with van der Waals surface area (Å²) in [6.45, 7) is 16.3. The highest BCUT2D eigenvalue weighted by molar-refractivity contribution is 7.98. The molecule has 52 heavy (non-hydrogen) atoms. The van der Waals surface area contributed by atoms with Crippen LogP contribution in [-0.2, 0) is 26.4 Å². The summed E-state index contributed by atoms with van der Waals surface area (Å²) in [6.07, 6.45) is 19.4. The molecule has 0 aromatic heterocycles. The molecule has 8 heteroatoms. The van der Waals surface area contributed by atoms with E-state index >= 15 is 0 Å². The van der Waals surface area contributed by atoms with Gasteiger partial charge in [-0.2, -0.15) is 0 Å². The van der Waals surface area contributed by atoms with Crippen molar-refractivity contribution in [1.29, 1.82) is 0 Å². The Bertz CT molecular complexity index is 1430. The normalized spacial score (nSPS) is 31.9. The van der Waals surface area contributed by atoms with E-state index in [1.54, 1.807) is 12.5 Å². The summed E-state index contributed by atoms with van der Waals surface area (Å²) >= 11 is 1.38. The standard InChI is InChI=1S/C33H51NO2S2.C8H10OS.C2H6.CH4O/c1-6-23-21-26-29-16-15-27(33(29,4)20-18-30(26)32(3)19-8-7-9-28(23)32)22(2)10-17-31(35)34-37-24-11-13-25(14-12-24)38(5)36;1-7-3-5-8(6-4-7)10(2)9;2*1-2/h11-14,22-23,26-30H,6-10,15-21H2,1-5H3,(H,34,35);3-6H,1-2H3;1-2H3;2H,1H3/t22-,23+,26?,27?,28?,29?,30?,32?,33?,38?;;;/m1.../s1. The maximum Gasteiger partial charge on any atom is 0.230 e. The third kappa shape index (κ3) is 10.6. The van der Waals surface area contributed by atoms with E-state index in [4.69, 9.17) is 5.11 Å². The average Bonchev–Trinajstić information content (AvgIpc) is 3.52. The van der Waals surface area contributed by atoms with Gasteiger partial charge < -0.3 is 5.11 Å². The number of amides is 1. The van der Waals surface area contributed by atoms with Gasteiger partial charge in [0.15, 0.2) is 0 Å². The molecular weight excluding hydrogens is 703 g/mol. The van der Waals surface area contributed by atoms with Crippen molar-refractivity contribution in [2.24, 2.45) is 52.3 Å².